The minimum absolute atomic E-state index is 0.167. The Labute approximate surface area is 146 Å². The summed E-state index contributed by atoms with van der Waals surface area (Å²) < 4.78 is 1.92. The van der Waals surface area contributed by atoms with E-state index in [0.29, 0.717) is 11.8 Å². The van der Waals surface area contributed by atoms with Crippen LogP contribution < -0.4 is 4.90 Å². The lowest BCUT2D eigenvalue weighted by atomic mass is 9.82. The van der Waals surface area contributed by atoms with E-state index in [0.717, 1.165) is 38.4 Å². The average Bonchev–Trinajstić information content (AvgIpc) is 3.35. The first-order valence-corrected chi connectivity index (χ1v) is 9.91. The van der Waals surface area contributed by atoms with Gasteiger partial charge in [0.2, 0.25) is 5.95 Å². The molecule has 7 heteroatoms. The monoisotopic (exact) mass is 347 g/mol. The maximum atomic E-state index is 10.5. The maximum Gasteiger partial charge on any atom is 0.245 e. The zero-order chi connectivity index (χ0) is 16.4. The second-order valence-electron chi connectivity index (χ2n) is 7.04. The molecule has 0 spiro atoms. The average molecular weight is 347 g/mol. The highest BCUT2D eigenvalue weighted by atomic mass is 32.1. The quantitative estimate of drug-likeness (QED) is 0.899. The van der Waals surface area contributed by atoms with E-state index in [-0.39, 0.29) is 6.10 Å². The van der Waals surface area contributed by atoms with Gasteiger partial charge in [-0.15, -0.1) is 11.3 Å². The van der Waals surface area contributed by atoms with E-state index in [2.05, 4.69) is 37.9 Å². The van der Waals surface area contributed by atoms with E-state index in [1.54, 1.807) is 11.3 Å². The molecule has 0 amide bonds. The molecule has 2 aromatic rings. The lowest BCUT2D eigenvalue weighted by Gasteiger charge is -2.39. The van der Waals surface area contributed by atoms with Crippen molar-refractivity contribution in [3.63, 3.8) is 0 Å². The van der Waals surface area contributed by atoms with E-state index in [1.165, 1.54) is 30.6 Å². The van der Waals surface area contributed by atoms with Gasteiger partial charge < -0.3 is 10.0 Å². The summed E-state index contributed by atoms with van der Waals surface area (Å²) in [6, 6.07) is 4.24. The molecule has 2 aromatic heterocycles. The standard InChI is InChI=1S/C17H25N5OS/c23-16-8-9-21(12-15(16)13-4-1-2-5-13)17-18-19-20-22(17)10-7-14-6-3-11-24-14/h3,6,11,13,15-16,23H,1-2,4-5,7-10,12H2/t15-,16+/m0/s1. The molecule has 2 aliphatic rings. The van der Waals surface area contributed by atoms with E-state index in [4.69, 9.17) is 0 Å². The van der Waals surface area contributed by atoms with Crippen molar-refractivity contribution in [2.45, 2.75) is 51.2 Å². The molecule has 130 valence electrons. The number of hydrogen-bond donors (Lipinski definition) is 1. The molecule has 0 unspecified atom stereocenters. The number of hydrogen-bond acceptors (Lipinski definition) is 6. The Morgan fingerprint density at radius 3 is 2.92 bits per heavy atom. The second kappa shape index (κ2) is 7.19. The van der Waals surface area contributed by atoms with Crippen molar-refractivity contribution >= 4 is 17.3 Å². The Kier molecular flexibility index (Phi) is 4.80. The summed E-state index contributed by atoms with van der Waals surface area (Å²) in [4.78, 5) is 3.64. The predicted octanol–water partition coefficient (Wildman–Crippen LogP) is 2.35. The minimum Gasteiger partial charge on any atom is -0.393 e. The highest BCUT2D eigenvalue weighted by Crippen LogP contribution is 2.36. The highest BCUT2D eigenvalue weighted by Gasteiger charge is 2.36. The molecule has 1 saturated heterocycles. The van der Waals surface area contributed by atoms with Gasteiger partial charge in [0, 0.05) is 30.3 Å². The van der Waals surface area contributed by atoms with Crippen LogP contribution in [0.3, 0.4) is 0 Å². The zero-order valence-corrected chi connectivity index (χ0v) is 14.7. The van der Waals surface area contributed by atoms with Crippen molar-refractivity contribution in [3.05, 3.63) is 22.4 Å². The molecule has 1 N–H and O–H groups in total. The number of aliphatic hydroxyl groups excluding tert-OH is 1. The van der Waals surface area contributed by atoms with Gasteiger partial charge in [0.25, 0.3) is 0 Å². The van der Waals surface area contributed by atoms with Crippen LogP contribution in [0.5, 0.6) is 0 Å². The first kappa shape index (κ1) is 16.0. The third kappa shape index (κ3) is 3.32. The molecule has 2 fully saturated rings. The van der Waals surface area contributed by atoms with Crippen LogP contribution in [-0.2, 0) is 13.0 Å². The Morgan fingerprint density at radius 1 is 1.25 bits per heavy atom. The Hall–Kier alpha value is -1.47. The third-order valence-electron chi connectivity index (χ3n) is 5.57. The van der Waals surface area contributed by atoms with Gasteiger partial charge in [-0.25, -0.2) is 4.68 Å². The second-order valence-corrected chi connectivity index (χ2v) is 8.07. The zero-order valence-electron chi connectivity index (χ0n) is 13.9. The summed E-state index contributed by atoms with van der Waals surface area (Å²) in [7, 11) is 0. The Balaban J connectivity index is 1.44. The molecule has 1 saturated carbocycles. The summed E-state index contributed by atoms with van der Waals surface area (Å²) in [6.45, 7) is 2.52. The molecule has 2 atom stereocenters. The largest absolute Gasteiger partial charge is 0.393 e. The molecule has 4 rings (SSSR count). The normalized spacial score (nSPS) is 25.5. The van der Waals surface area contributed by atoms with Crippen LogP contribution >= 0.6 is 11.3 Å². The summed E-state index contributed by atoms with van der Waals surface area (Å²) in [5, 5.41) is 24.9. The lowest BCUT2D eigenvalue weighted by Crippen LogP contribution is -2.46. The SMILES string of the molecule is O[C@@H]1CCN(c2nnnn2CCc2cccs2)C[C@H]1C1CCCC1. The smallest absolute Gasteiger partial charge is 0.245 e. The van der Waals surface area contributed by atoms with Crippen LogP contribution in [0.1, 0.15) is 37.0 Å². The Morgan fingerprint density at radius 2 is 2.12 bits per heavy atom. The van der Waals surface area contributed by atoms with Crippen LogP contribution in [-0.4, -0.2) is 44.5 Å². The van der Waals surface area contributed by atoms with E-state index in [1.807, 2.05) is 4.68 Å². The number of aryl methyl sites for hydroxylation is 2. The third-order valence-corrected chi connectivity index (χ3v) is 6.51. The number of aliphatic hydroxyl groups is 1. The molecule has 0 radical (unpaired) electrons. The van der Waals surface area contributed by atoms with Gasteiger partial charge in [0.15, 0.2) is 0 Å². The van der Waals surface area contributed by atoms with Crippen molar-refractivity contribution in [2.24, 2.45) is 11.8 Å². The van der Waals surface area contributed by atoms with E-state index < -0.39 is 0 Å². The summed E-state index contributed by atoms with van der Waals surface area (Å²) in [5.41, 5.74) is 0. The fourth-order valence-corrected chi connectivity index (χ4v) is 4.94. The number of thiophene rings is 1. The van der Waals surface area contributed by atoms with E-state index in [9.17, 15) is 5.11 Å². The van der Waals surface area contributed by atoms with Gasteiger partial charge >= 0.3 is 0 Å². The first-order valence-electron chi connectivity index (χ1n) is 9.03. The van der Waals surface area contributed by atoms with Crippen LogP contribution in [0.25, 0.3) is 0 Å². The summed E-state index contributed by atoms with van der Waals surface area (Å²) in [6.07, 6.45) is 6.76. The van der Waals surface area contributed by atoms with Gasteiger partial charge in [-0.05, 0) is 34.2 Å². The molecule has 6 nitrogen and oxygen atoms in total. The molecular formula is C17H25N5OS. The van der Waals surface area contributed by atoms with Crippen molar-refractivity contribution in [1.82, 2.24) is 20.2 Å². The molecule has 1 aliphatic heterocycles. The van der Waals surface area contributed by atoms with Crippen LogP contribution in [0.2, 0.25) is 0 Å². The Bertz CT molecular complexity index is 637. The van der Waals surface area contributed by atoms with Crippen molar-refractivity contribution < 1.29 is 5.11 Å². The molecule has 24 heavy (non-hydrogen) atoms. The number of anilines is 1. The van der Waals surface area contributed by atoms with Gasteiger partial charge in [0.1, 0.15) is 0 Å². The molecule has 1 aliphatic carbocycles. The first-order chi connectivity index (χ1) is 11.8. The number of piperidine rings is 1. The lowest BCUT2D eigenvalue weighted by molar-refractivity contribution is 0.0557. The van der Waals surface area contributed by atoms with Crippen molar-refractivity contribution in [3.8, 4) is 0 Å². The van der Waals surface area contributed by atoms with Gasteiger partial charge in [-0.2, -0.15) is 0 Å². The summed E-state index contributed by atoms with van der Waals surface area (Å²) >= 11 is 1.78. The van der Waals surface area contributed by atoms with Gasteiger partial charge in [-0.3, -0.25) is 0 Å². The number of nitrogens with zero attached hydrogens (tertiary/aromatic N) is 5. The summed E-state index contributed by atoms with van der Waals surface area (Å²) in [5.74, 6) is 1.89. The molecular weight excluding hydrogens is 322 g/mol. The van der Waals surface area contributed by atoms with Gasteiger partial charge in [0.05, 0.1) is 12.6 Å². The minimum atomic E-state index is -0.167. The topological polar surface area (TPSA) is 67.1 Å². The van der Waals surface area contributed by atoms with Gasteiger partial charge in [-0.1, -0.05) is 36.8 Å². The van der Waals surface area contributed by atoms with Crippen LogP contribution in [0.15, 0.2) is 17.5 Å². The van der Waals surface area contributed by atoms with Crippen LogP contribution in [0, 0.1) is 11.8 Å². The number of tetrazole rings is 1. The van der Waals surface area contributed by atoms with E-state index >= 15 is 0 Å². The van der Waals surface area contributed by atoms with Crippen molar-refractivity contribution in [1.29, 1.82) is 0 Å². The van der Waals surface area contributed by atoms with Crippen LogP contribution in [0.4, 0.5) is 5.95 Å². The number of aromatic nitrogens is 4. The molecule has 0 aromatic carbocycles. The molecule has 0 bridgehead atoms. The highest BCUT2D eigenvalue weighted by molar-refractivity contribution is 7.09. The number of rotatable bonds is 5. The molecule has 3 heterocycles. The maximum absolute atomic E-state index is 10.5. The van der Waals surface area contributed by atoms with Crippen molar-refractivity contribution in [2.75, 3.05) is 18.0 Å². The fourth-order valence-electron chi connectivity index (χ4n) is 4.24. The predicted molar refractivity (Wildman–Crippen MR) is 94.1 cm³/mol. The fraction of sp³-hybridized carbons (Fsp3) is 0.706.